The third-order valence-electron chi connectivity index (χ3n) is 2.53. The van der Waals surface area contributed by atoms with Crippen LogP contribution in [0.4, 0.5) is 4.79 Å². The highest BCUT2D eigenvalue weighted by Gasteiger charge is 2.15. The fourth-order valence-electron chi connectivity index (χ4n) is 1.37. The maximum absolute atomic E-state index is 11.3. The summed E-state index contributed by atoms with van der Waals surface area (Å²) in [5, 5.41) is 21.1. The van der Waals surface area contributed by atoms with Crippen LogP contribution in [0.3, 0.4) is 0 Å². The molecule has 0 aliphatic carbocycles. The van der Waals surface area contributed by atoms with Gasteiger partial charge in [0.25, 0.3) is 0 Å². The lowest BCUT2D eigenvalue weighted by Crippen LogP contribution is -2.38. The van der Waals surface area contributed by atoms with E-state index in [1.54, 1.807) is 6.92 Å². The summed E-state index contributed by atoms with van der Waals surface area (Å²) in [5.74, 6) is 0. The third kappa shape index (κ3) is 5.16. The Kier molecular flexibility index (Phi) is 6.18. The van der Waals surface area contributed by atoms with Gasteiger partial charge in [-0.05, 0) is 12.0 Å². The number of carbonyl (C=O) groups is 1. The number of hydrogen-bond donors (Lipinski definition) is 3. The van der Waals surface area contributed by atoms with E-state index in [9.17, 15) is 15.0 Å². The second-order valence-corrected chi connectivity index (χ2v) is 3.99. The predicted molar refractivity (Wildman–Crippen MR) is 66.9 cm³/mol. The number of hydrogen-bond acceptors (Lipinski definition) is 4. The van der Waals surface area contributed by atoms with Crippen LogP contribution in [0.1, 0.15) is 18.9 Å². The molecule has 0 fully saturated rings. The quantitative estimate of drug-likeness (QED) is 0.708. The van der Waals surface area contributed by atoms with Crippen molar-refractivity contribution in [1.82, 2.24) is 5.32 Å². The summed E-state index contributed by atoms with van der Waals surface area (Å²) in [7, 11) is 0. The maximum Gasteiger partial charge on any atom is 0.407 e. The molecule has 0 saturated heterocycles. The molecule has 18 heavy (non-hydrogen) atoms. The first-order chi connectivity index (χ1) is 8.63. The third-order valence-corrected chi connectivity index (χ3v) is 2.53. The van der Waals surface area contributed by atoms with Crippen LogP contribution in [0.5, 0.6) is 0 Å². The van der Waals surface area contributed by atoms with Gasteiger partial charge < -0.3 is 20.3 Å². The summed E-state index contributed by atoms with van der Waals surface area (Å²) in [6.45, 7) is 1.91. The summed E-state index contributed by atoms with van der Waals surface area (Å²) in [6, 6.07) is 9.30. The zero-order valence-electron chi connectivity index (χ0n) is 10.4. The minimum Gasteiger partial charge on any atom is -0.445 e. The van der Waals surface area contributed by atoms with E-state index in [0.29, 0.717) is 6.42 Å². The molecule has 0 aliphatic heterocycles. The van der Waals surface area contributed by atoms with Crippen LogP contribution < -0.4 is 5.32 Å². The largest absolute Gasteiger partial charge is 0.445 e. The van der Waals surface area contributed by atoms with Gasteiger partial charge in [-0.1, -0.05) is 37.3 Å². The first-order valence-electron chi connectivity index (χ1n) is 5.94. The molecule has 0 bridgehead atoms. The first-order valence-corrected chi connectivity index (χ1v) is 5.94. The normalized spacial score (nSPS) is 13.7. The maximum atomic E-state index is 11.3. The highest BCUT2D eigenvalue weighted by molar-refractivity contribution is 5.67. The summed E-state index contributed by atoms with van der Waals surface area (Å²) in [6.07, 6.45) is -1.98. The van der Waals surface area contributed by atoms with Gasteiger partial charge in [0.1, 0.15) is 6.61 Å². The van der Waals surface area contributed by atoms with Crippen LogP contribution in [0.2, 0.25) is 0 Å². The topological polar surface area (TPSA) is 78.8 Å². The lowest BCUT2D eigenvalue weighted by atomic mass is 10.1. The SMILES string of the molecule is CC[C@@H](O)[C@H](O)CNC(=O)OCc1ccccc1. The molecule has 1 rings (SSSR count). The Hall–Kier alpha value is -1.59. The Balaban J connectivity index is 2.22. The number of amides is 1. The molecule has 2 atom stereocenters. The molecule has 5 heteroatoms. The summed E-state index contributed by atoms with van der Waals surface area (Å²) < 4.78 is 4.95. The van der Waals surface area contributed by atoms with Crippen molar-refractivity contribution in [2.75, 3.05) is 6.54 Å². The van der Waals surface area contributed by atoms with E-state index in [1.165, 1.54) is 0 Å². The average Bonchev–Trinajstić information content (AvgIpc) is 2.42. The number of ether oxygens (including phenoxy) is 1. The highest BCUT2D eigenvalue weighted by Crippen LogP contribution is 2.01. The Labute approximate surface area is 106 Å². The number of nitrogens with one attached hydrogen (secondary N) is 1. The highest BCUT2D eigenvalue weighted by atomic mass is 16.5. The van der Waals surface area contributed by atoms with Crippen LogP contribution in [-0.4, -0.2) is 35.1 Å². The van der Waals surface area contributed by atoms with Crippen molar-refractivity contribution in [2.24, 2.45) is 0 Å². The van der Waals surface area contributed by atoms with Crippen molar-refractivity contribution in [3.63, 3.8) is 0 Å². The van der Waals surface area contributed by atoms with E-state index in [4.69, 9.17) is 4.74 Å². The van der Waals surface area contributed by atoms with Gasteiger partial charge >= 0.3 is 6.09 Å². The standard InChI is InChI=1S/C13H19NO4/c1-2-11(15)12(16)8-14-13(17)18-9-10-6-4-3-5-7-10/h3-7,11-12,15-16H,2,8-9H2,1H3,(H,14,17)/t11-,12-/m1/s1. The molecule has 100 valence electrons. The van der Waals surface area contributed by atoms with Gasteiger partial charge in [-0.3, -0.25) is 0 Å². The Morgan fingerprint density at radius 1 is 1.28 bits per heavy atom. The molecule has 0 heterocycles. The van der Waals surface area contributed by atoms with Crippen LogP contribution in [-0.2, 0) is 11.3 Å². The van der Waals surface area contributed by atoms with E-state index >= 15 is 0 Å². The van der Waals surface area contributed by atoms with Crippen LogP contribution in [0.15, 0.2) is 30.3 Å². The molecular weight excluding hydrogens is 234 g/mol. The number of aliphatic hydroxyl groups is 2. The van der Waals surface area contributed by atoms with Gasteiger partial charge in [-0.15, -0.1) is 0 Å². The van der Waals surface area contributed by atoms with E-state index < -0.39 is 18.3 Å². The van der Waals surface area contributed by atoms with Crippen molar-refractivity contribution >= 4 is 6.09 Å². The fourth-order valence-corrected chi connectivity index (χ4v) is 1.37. The zero-order chi connectivity index (χ0) is 13.4. The molecule has 0 unspecified atom stereocenters. The molecular formula is C13H19NO4. The first kappa shape index (κ1) is 14.5. The molecule has 3 N–H and O–H groups in total. The van der Waals surface area contributed by atoms with Crippen molar-refractivity contribution < 1.29 is 19.7 Å². The van der Waals surface area contributed by atoms with E-state index in [-0.39, 0.29) is 13.2 Å². The summed E-state index contributed by atoms with van der Waals surface area (Å²) in [4.78, 5) is 11.3. The Morgan fingerprint density at radius 2 is 1.94 bits per heavy atom. The monoisotopic (exact) mass is 253 g/mol. The van der Waals surface area contributed by atoms with Crippen molar-refractivity contribution in [2.45, 2.75) is 32.2 Å². The number of rotatable bonds is 6. The number of carbonyl (C=O) groups excluding carboxylic acids is 1. The van der Waals surface area contributed by atoms with Gasteiger partial charge in [0.05, 0.1) is 12.2 Å². The summed E-state index contributed by atoms with van der Waals surface area (Å²) >= 11 is 0. The number of benzene rings is 1. The molecule has 0 spiro atoms. The second-order valence-electron chi connectivity index (χ2n) is 3.99. The minimum atomic E-state index is -0.973. The smallest absolute Gasteiger partial charge is 0.407 e. The minimum absolute atomic E-state index is 0.0252. The molecule has 0 radical (unpaired) electrons. The fraction of sp³-hybridized carbons (Fsp3) is 0.462. The average molecular weight is 253 g/mol. The second kappa shape index (κ2) is 7.68. The van der Waals surface area contributed by atoms with Gasteiger partial charge in [-0.25, -0.2) is 4.79 Å². The van der Waals surface area contributed by atoms with E-state index in [1.807, 2.05) is 30.3 Å². The Bertz CT molecular complexity index is 355. The molecule has 1 amide bonds. The molecule has 5 nitrogen and oxygen atoms in total. The van der Waals surface area contributed by atoms with E-state index in [2.05, 4.69) is 5.32 Å². The summed E-state index contributed by atoms with van der Waals surface area (Å²) in [5.41, 5.74) is 0.891. The van der Waals surface area contributed by atoms with E-state index in [0.717, 1.165) is 5.56 Å². The number of aliphatic hydroxyl groups excluding tert-OH is 2. The van der Waals surface area contributed by atoms with Crippen molar-refractivity contribution in [3.8, 4) is 0 Å². The van der Waals surface area contributed by atoms with Gasteiger partial charge in [0.15, 0.2) is 0 Å². The Morgan fingerprint density at radius 3 is 2.56 bits per heavy atom. The molecule has 0 saturated carbocycles. The van der Waals surface area contributed by atoms with Crippen LogP contribution in [0, 0.1) is 0 Å². The van der Waals surface area contributed by atoms with Gasteiger partial charge in [-0.2, -0.15) is 0 Å². The van der Waals surface area contributed by atoms with Crippen LogP contribution in [0.25, 0.3) is 0 Å². The molecule has 0 aromatic heterocycles. The predicted octanol–water partition coefficient (Wildman–Crippen LogP) is 1.04. The van der Waals surface area contributed by atoms with Crippen molar-refractivity contribution in [1.29, 1.82) is 0 Å². The van der Waals surface area contributed by atoms with Gasteiger partial charge in [0, 0.05) is 6.54 Å². The van der Waals surface area contributed by atoms with Crippen LogP contribution >= 0.6 is 0 Å². The molecule has 1 aromatic rings. The van der Waals surface area contributed by atoms with Crippen molar-refractivity contribution in [3.05, 3.63) is 35.9 Å². The lowest BCUT2D eigenvalue weighted by molar-refractivity contribution is 0.0176. The molecule has 0 aliphatic rings. The number of alkyl carbamates (subject to hydrolysis) is 1. The van der Waals surface area contributed by atoms with Gasteiger partial charge in [0.2, 0.25) is 0 Å². The molecule has 1 aromatic carbocycles. The lowest BCUT2D eigenvalue weighted by Gasteiger charge is -2.16. The zero-order valence-corrected chi connectivity index (χ0v) is 10.4.